The number of hydrogen-bond acceptors (Lipinski definition) is 3. The van der Waals surface area contributed by atoms with Crippen molar-refractivity contribution >= 4 is 5.97 Å². The Morgan fingerprint density at radius 3 is 2.25 bits per heavy atom. The number of aliphatic hydroxyl groups is 1. The summed E-state index contributed by atoms with van der Waals surface area (Å²) in [6.07, 6.45) is -1.24. The van der Waals surface area contributed by atoms with Gasteiger partial charge < -0.3 is 14.9 Å². The van der Waals surface area contributed by atoms with Crippen LogP contribution in [-0.4, -0.2) is 29.4 Å². The van der Waals surface area contributed by atoms with Crippen molar-refractivity contribution in [1.82, 2.24) is 0 Å². The SMILES string of the molecule is COc1c(C)cc(CC(O)C(=O)O)cc1C. The van der Waals surface area contributed by atoms with Crippen molar-refractivity contribution in [2.75, 3.05) is 7.11 Å². The number of methoxy groups -OCH3 is 1. The lowest BCUT2D eigenvalue weighted by Crippen LogP contribution is -2.22. The summed E-state index contributed by atoms with van der Waals surface area (Å²) in [5, 5.41) is 17.9. The maximum Gasteiger partial charge on any atom is 0.332 e. The predicted molar refractivity (Wildman–Crippen MR) is 59.8 cm³/mol. The van der Waals surface area contributed by atoms with Gasteiger partial charge in [0.05, 0.1) is 7.11 Å². The fraction of sp³-hybridized carbons (Fsp3) is 0.417. The second-order valence-corrected chi connectivity index (χ2v) is 3.82. The molecule has 88 valence electrons. The number of hydrogen-bond donors (Lipinski definition) is 2. The Morgan fingerprint density at radius 1 is 1.38 bits per heavy atom. The Balaban J connectivity index is 2.96. The molecule has 0 aromatic heterocycles. The summed E-state index contributed by atoms with van der Waals surface area (Å²) in [5.74, 6) is -0.403. The largest absolute Gasteiger partial charge is 0.496 e. The summed E-state index contributed by atoms with van der Waals surface area (Å²) >= 11 is 0. The minimum atomic E-state index is -1.35. The van der Waals surface area contributed by atoms with E-state index in [2.05, 4.69) is 0 Å². The molecule has 0 aliphatic carbocycles. The molecule has 1 aromatic carbocycles. The Morgan fingerprint density at radius 2 is 1.88 bits per heavy atom. The van der Waals surface area contributed by atoms with Gasteiger partial charge in [-0.3, -0.25) is 0 Å². The van der Waals surface area contributed by atoms with E-state index in [1.807, 2.05) is 26.0 Å². The molecular formula is C12H16O4. The third-order valence-corrected chi connectivity index (χ3v) is 2.44. The first-order valence-corrected chi connectivity index (χ1v) is 5.00. The molecular weight excluding hydrogens is 208 g/mol. The molecule has 0 heterocycles. The topological polar surface area (TPSA) is 66.8 Å². The van der Waals surface area contributed by atoms with Gasteiger partial charge in [-0.15, -0.1) is 0 Å². The molecule has 0 radical (unpaired) electrons. The van der Waals surface area contributed by atoms with Crippen LogP contribution in [0.5, 0.6) is 5.75 Å². The molecule has 4 nitrogen and oxygen atoms in total. The Kier molecular flexibility index (Phi) is 3.90. The van der Waals surface area contributed by atoms with E-state index in [9.17, 15) is 9.90 Å². The van der Waals surface area contributed by atoms with Crippen molar-refractivity contribution in [1.29, 1.82) is 0 Å². The van der Waals surface area contributed by atoms with Crippen LogP contribution in [0.15, 0.2) is 12.1 Å². The van der Waals surface area contributed by atoms with E-state index < -0.39 is 12.1 Å². The molecule has 4 heteroatoms. The normalized spacial score (nSPS) is 12.2. The molecule has 0 fully saturated rings. The Hall–Kier alpha value is -1.55. The van der Waals surface area contributed by atoms with Gasteiger partial charge >= 0.3 is 5.97 Å². The quantitative estimate of drug-likeness (QED) is 0.809. The van der Waals surface area contributed by atoms with Crippen LogP contribution in [0.4, 0.5) is 0 Å². The number of aliphatic hydroxyl groups excluding tert-OH is 1. The number of carbonyl (C=O) groups is 1. The maximum absolute atomic E-state index is 10.5. The molecule has 0 spiro atoms. The highest BCUT2D eigenvalue weighted by Gasteiger charge is 2.15. The minimum absolute atomic E-state index is 0.112. The molecule has 0 saturated carbocycles. The predicted octanol–water partition coefficient (Wildman–Crippen LogP) is 1.30. The summed E-state index contributed by atoms with van der Waals surface area (Å²) in [4.78, 5) is 10.5. The van der Waals surface area contributed by atoms with Crippen molar-refractivity contribution in [2.24, 2.45) is 0 Å². The maximum atomic E-state index is 10.5. The summed E-state index contributed by atoms with van der Waals surface area (Å²) in [6.45, 7) is 3.78. The van der Waals surface area contributed by atoms with Crippen LogP contribution in [0.25, 0.3) is 0 Å². The first kappa shape index (κ1) is 12.5. The van der Waals surface area contributed by atoms with Gasteiger partial charge in [0.2, 0.25) is 0 Å². The van der Waals surface area contributed by atoms with E-state index in [1.54, 1.807) is 7.11 Å². The van der Waals surface area contributed by atoms with E-state index >= 15 is 0 Å². The molecule has 1 rings (SSSR count). The zero-order valence-corrected chi connectivity index (χ0v) is 9.65. The molecule has 16 heavy (non-hydrogen) atoms. The van der Waals surface area contributed by atoms with Gasteiger partial charge in [0.15, 0.2) is 6.10 Å². The third kappa shape index (κ3) is 2.73. The smallest absolute Gasteiger partial charge is 0.332 e. The van der Waals surface area contributed by atoms with Gasteiger partial charge in [-0.05, 0) is 30.5 Å². The Labute approximate surface area is 94.5 Å². The zero-order valence-electron chi connectivity index (χ0n) is 9.65. The highest BCUT2D eigenvalue weighted by atomic mass is 16.5. The zero-order chi connectivity index (χ0) is 12.3. The van der Waals surface area contributed by atoms with Crippen molar-refractivity contribution < 1.29 is 19.7 Å². The van der Waals surface area contributed by atoms with Crippen molar-refractivity contribution in [2.45, 2.75) is 26.4 Å². The minimum Gasteiger partial charge on any atom is -0.496 e. The molecule has 0 amide bonds. The van der Waals surface area contributed by atoms with Gasteiger partial charge in [-0.1, -0.05) is 12.1 Å². The van der Waals surface area contributed by atoms with Crippen molar-refractivity contribution in [3.8, 4) is 5.75 Å². The molecule has 0 saturated heterocycles. The van der Waals surface area contributed by atoms with Crippen LogP contribution < -0.4 is 4.74 Å². The van der Waals surface area contributed by atoms with Gasteiger partial charge in [0.25, 0.3) is 0 Å². The van der Waals surface area contributed by atoms with Gasteiger partial charge in [-0.2, -0.15) is 0 Å². The fourth-order valence-corrected chi connectivity index (χ4v) is 1.79. The number of carboxylic acid groups (broad SMARTS) is 1. The van der Waals surface area contributed by atoms with Crippen LogP contribution >= 0.6 is 0 Å². The first-order valence-electron chi connectivity index (χ1n) is 5.00. The van der Waals surface area contributed by atoms with Gasteiger partial charge in [-0.25, -0.2) is 4.79 Å². The number of carboxylic acids is 1. The van der Waals surface area contributed by atoms with Crippen LogP contribution in [0, 0.1) is 13.8 Å². The molecule has 0 aliphatic rings. The van der Waals surface area contributed by atoms with Crippen LogP contribution in [0.1, 0.15) is 16.7 Å². The molecule has 0 aliphatic heterocycles. The van der Waals surface area contributed by atoms with Crippen molar-refractivity contribution in [3.05, 3.63) is 28.8 Å². The van der Waals surface area contributed by atoms with Gasteiger partial charge in [0, 0.05) is 6.42 Å². The summed E-state index contributed by atoms with van der Waals surface area (Å²) in [7, 11) is 1.60. The highest BCUT2D eigenvalue weighted by molar-refractivity contribution is 5.72. The molecule has 0 bridgehead atoms. The molecule has 1 aromatic rings. The average molecular weight is 224 g/mol. The fourth-order valence-electron chi connectivity index (χ4n) is 1.79. The summed E-state index contributed by atoms with van der Waals surface area (Å²) < 4.78 is 5.20. The first-order chi connectivity index (χ1) is 7.45. The Bertz CT molecular complexity index is 375. The molecule has 2 N–H and O–H groups in total. The second kappa shape index (κ2) is 4.99. The summed E-state index contributed by atoms with van der Waals surface area (Å²) in [6, 6.07) is 3.66. The second-order valence-electron chi connectivity index (χ2n) is 3.82. The number of aliphatic carboxylic acids is 1. The number of benzene rings is 1. The highest BCUT2D eigenvalue weighted by Crippen LogP contribution is 2.24. The lowest BCUT2D eigenvalue weighted by Gasteiger charge is -2.12. The van der Waals surface area contributed by atoms with E-state index in [0.29, 0.717) is 0 Å². The third-order valence-electron chi connectivity index (χ3n) is 2.44. The van der Waals surface area contributed by atoms with Gasteiger partial charge in [0.1, 0.15) is 5.75 Å². The lowest BCUT2D eigenvalue weighted by atomic mass is 10.0. The number of rotatable bonds is 4. The van der Waals surface area contributed by atoms with E-state index in [1.165, 1.54) is 0 Å². The van der Waals surface area contributed by atoms with Crippen molar-refractivity contribution in [3.63, 3.8) is 0 Å². The molecule has 1 atom stereocenters. The standard InChI is InChI=1S/C12H16O4/c1-7-4-9(6-10(13)12(14)15)5-8(2)11(7)16-3/h4-5,10,13H,6H2,1-3H3,(H,14,15). The van der Waals surface area contributed by atoms with Crippen LogP contribution in [0.3, 0.4) is 0 Å². The van der Waals surface area contributed by atoms with E-state index in [0.717, 1.165) is 22.4 Å². The van der Waals surface area contributed by atoms with E-state index in [-0.39, 0.29) is 6.42 Å². The lowest BCUT2D eigenvalue weighted by molar-refractivity contribution is -0.146. The summed E-state index contributed by atoms with van der Waals surface area (Å²) in [5.41, 5.74) is 2.68. The van der Waals surface area contributed by atoms with Crippen LogP contribution in [0.2, 0.25) is 0 Å². The molecule has 1 unspecified atom stereocenters. The van der Waals surface area contributed by atoms with E-state index in [4.69, 9.17) is 9.84 Å². The number of aryl methyl sites for hydroxylation is 2. The van der Waals surface area contributed by atoms with Crippen LogP contribution in [-0.2, 0) is 11.2 Å². The monoisotopic (exact) mass is 224 g/mol. The number of ether oxygens (including phenoxy) is 1. The average Bonchev–Trinajstić information content (AvgIpc) is 2.16.